The summed E-state index contributed by atoms with van der Waals surface area (Å²) in [7, 11) is 0. The maximum absolute atomic E-state index is 12.1. The second kappa shape index (κ2) is 9.15. The van der Waals surface area contributed by atoms with Crippen LogP contribution in [0.2, 0.25) is 0 Å². The Morgan fingerprint density at radius 3 is 2.46 bits per heavy atom. The van der Waals surface area contributed by atoms with Crippen molar-refractivity contribution in [1.29, 1.82) is 0 Å². The van der Waals surface area contributed by atoms with Gasteiger partial charge in [-0.2, -0.15) is 0 Å². The number of ether oxygens (including phenoxy) is 1. The molecule has 0 saturated heterocycles. The van der Waals surface area contributed by atoms with E-state index in [1.54, 1.807) is 13.0 Å². The summed E-state index contributed by atoms with van der Waals surface area (Å²) in [6, 6.07) is 1.27. The first-order chi connectivity index (χ1) is 11.3. The van der Waals surface area contributed by atoms with Crippen molar-refractivity contribution in [3.63, 3.8) is 0 Å². The monoisotopic (exact) mass is 336 g/mol. The van der Waals surface area contributed by atoms with E-state index in [1.165, 1.54) is 0 Å². The van der Waals surface area contributed by atoms with Crippen molar-refractivity contribution in [2.24, 2.45) is 0 Å². The fourth-order valence-electron chi connectivity index (χ4n) is 2.46. The molecule has 0 radical (unpaired) electrons. The van der Waals surface area contributed by atoms with Gasteiger partial charge in [0.05, 0.1) is 17.9 Å². The normalized spacial score (nSPS) is 10.6. The van der Waals surface area contributed by atoms with Gasteiger partial charge in [0.1, 0.15) is 5.75 Å². The van der Waals surface area contributed by atoms with Gasteiger partial charge in [-0.3, -0.25) is 0 Å². The smallest absolute Gasteiger partial charge is 0.338 e. The third-order valence-corrected chi connectivity index (χ3v) is 3.57. The van der Waals surface area contributed by atoms with E-state index in [2.05, 4.69) is 17.6 Å². The number of aromatic carboxylic acids is 1. The van der Waals surface area contributed by atoms with E-state index in [-0.39, 0.29) is 11.6 Å². The first kappa shape index (κ1) is 19.8. The van der Waals surface area contributed by atoms with E-state index in [0.717, 1.165) is 12.8 Å². The molecule has 1 aromatic rings. The number of carbonyl (C=O) groups is 2. The molecule has 0 unspecified atom stereocenters. The van der Waals surface area contributed by atoms with Crippen LogP contribution in [0.4, 0.5) is 10.5 Å². The highest BCUT2D eigenvalue weighted by molar-refractivity contribution is 6.02. The van der Waals surface area contributed by atoms with Gasteiger partial charge in [-0.05, 0) is 45.2 Å². The Labute approximate surface area is 143 Å². The molecule has 1 rings (SSSR count). The lowest BCUT2D eigenvalue weighted by Crippen LogP contribution is -2.35. The Morgan fingerprint density at radius 2 is 1.96 bits per heavy atom. The number of unbranched alkanes of at least 4 members (excludes halogenated alkanes) is 1. The molecular formula is C18H28N2O4. The summed E-state index contributed by atoms with van der Waals surface area (Å²) >= 11 is 0. The highest BCUT2D eigenvalue weighted by Crippen LogP contribution is 2.34. The topological polar surface area (TPSA) is 87.7 Å². The first-order valence-corrected chi connectivity index (χ1v) is 8.41. The number of urea groups is 1. The van der Waals surface area contributed by atoms with Gasteiger partial charge in [-0.1, -0.05) is 20.3 Å². The van der Waals surface area contributed by atoms with Crippen molar-refractivity contribution < 1.29 is 19.4 Å². The molecule has 3 N–H and O–H groups in total. The molecule has 0 spiro atoms. The summed E-state index contributed by atoms with van der Waals surface area (Å²) in [5.74, 6) is -0.435. The Bertz CT molecular complexity index is 597. The zero-order chi connectivity index (χ0) is 18.3. The third-order valence-electron chi connectivity index (χ3n) is 3.57. The molecule has 134 valence electrons. The number of aryl methyl sites for hydroxylation is 1. The highest BCUT2D eigenvalue weighted by Gasteiger charge is 2.22. The van der Waals surface area contributed by atoms with Crippen molar-refractivity contribution in [1.82, 2.24) is 5.32 Å². The van der Waals surface area contributed by atoms with Crippen molar-refractivity contribution >= 4 is 17.7 Å². The Kier molecular flexibility index (Phi) is 7.55. The first-order valence-electron chi connectivity index (χ1n) is 8.41. The minimum absolute atomic E-state index is 0.0477. The average molecular weight is 336 g/mol. The molecular weight excluding hydrogens is 308 g/mol. The Hall–Kier alpha value is -2.24. The van der Waals surface area contributed by atoms with E-state index in [0.29, 0.717) is 35.6 Å². The van der Waals surface area contributed by atoms with E-state index < -0.39 is 12.0 Å². The van der Waals surface area contributed by atoms with Gasteiger partial charge in [-0.15, -0.1) is 0 Å². The van der Waals surface area contributed by atoms with Gasteiger partial charge in [0.25, 0.3) is 0 Å². The molecule has 0 heterocycles. The number of carboxylic acids is 1. The summed E-state index contributed by atoms with van der Waals surface area (Å²) in [6.45, 7) is 9.94. The molecule has 24 heavy (non-hydrogen) atoms. The summed E-state index contributed by atoms with van der Waals surface area (Å²) in [4.78, 5) is 23.8. The number of benzene rings is 1. The molecule has 0 aromatic heterocycles. The van der Waals surface area contributed by atoms with E-state index in [4.69, 9.17) is 4.74 Å². The molecule has 0 saturated carbocycles. The van der Waals surface area contributed by atoms with Gasteiger partial charge in [0, 0.05) is 11.6 Å². The zero-order valence-electron chi connectivity index (χ0n) is 15.2. The number of hydrogen-bond acceptors (Lipinski definition) is 3. The largest absolute Gasteiger partial charge is 0.493 e. The minimum atomic E-state index is -1.07. The van der Waals surface area contributed by atoms with Crippen LogP contribution < -0.4 is 15.4 Å². The number of rotatable bonds is 8. The Morgan fingerprint density at radius 1 is 1.29 bits per heavy atom. The van der Waals surface area contributed by atoms with Gasteiger partial charge in [0.15, 0.2) is 0 Å². The van der Waals surface area contributed by atoms with Crippen LogP contribution >= 0.6 is 0 Å². The molecule has 1 aromatic carbocycles. The Balaban J connectivity index is 3.32. The molecule has 6 heteroatoms. The number of carboxylic acid groups (broad SMARTS) is 1. The van der Waals surface area contributed by atoms with Crippen LogP contribution in [0.5, 0.6) is 5.75 Å². The van der Waals surface area contributed by atoms with Crippen LogP contribution in [-0.4, -0.2) is 29.8 Å². The van der Waals surface area contributed by atoms with Gasteiger partial charge < -0.3 is 20.5 Å². The molecule has 6 nitrogen and oxygen atoms in total. The van der Waals surface area contributed by atoms with E-state index >= 15 is 0 Å². The van der Waals surface area contributed by atoms with Gasteiger partial charge in [0.2, 0.25) is 0 Å². The standard InChI is InChI=1S/C18H28N2O4/c1-6-8-9-24-14-10-12(5)15(17(21)22)16(13(14)7-2)20-18(23)19-11(3)4/h10-11H,6-9H2,1-5H3,(H,21,22)(H2,19,20,23). The van der Waals surface area contributed by atoms with E-state index in [1.807, 2.05) is 20.8 Å². The predicted octanol–water partition coefficient (Wildman–Crippen LogP) is 3.96. The van der Waals surface area contributed by atoms with Crippen LogP contribution in [0.3, 0.4) is 0 Å². The number of anilines is 1. The van der Waals surface area contributed by atoms with Crippen molar-refractivity contribution in [2.75, 3.05) is 11.9 Å². The lowest BCUT2D eigenvalue weighted by Gasteiger charge is -2.20. The SMILES string of the molecule is CCCCOc1cc(C)c(C(=O)O)c(NC(=O)NC(C)C)c1CC. The van der Waals surface area contributed by atoms with Crippen LogP contribution in [0.15, 0.2) is 6.07 Å². The fourth-order valence-corrected chi connectivity index (χ4v) is 2.46. The lowest BCUT2D eigenvalue weighted by atomic mass is 9.98. The van der Waals surface area contributed by atoms with Crippen molar-refractivity contribution in [2.45, 2.75) is 59.9 Å². The summed E-state index contributed by atoms with van der Waals surface area (Å²) in [5.41, 5.74) is 1.68. The molecule has 0 aliphatic heterocycles. The maximum atomic E-state index is 12.1. The van der Waals surface area contributed by atoms with Crippen molar-refractivity contribution in [3.05, 3.63) is 22.8 Å². The summed E-state index contributed by atoms with van der Waals surface area (Å²) in [6.07, 6.45) is 2.48. The van der Waals surface area contributed by atoms with E-state index in [9.17, 15) is 14.7 Å². The molecule has 0 aliphatic carbocycles. The van der Waals surface area contributed by atoms with Crippen molar-refractivity contribution in [3.8, 4) is 5.75 Å². The number of carbonyl (C=O) groups excluding carboxylic acids is 1. The average Bonchev–Trinajstić information content (AvgIpc) is 2.46. The second-order valence-corrected chi connectivity index (χ2v) is 6.03. The van der Waals surface area contributed by atoms with Crippen LogP contribution in [0.25, 0.3) is 0 Å². The summed E-state index contributed by atoms with van der Waals surface area (Å²) in [5, 5.41) is 15.0. The number of amides is 2. The quantitative estimate of drug-likeness (QED) is 0.627. The lowest BCUT2D eigenvalue weighted by molar-refractivity contribution is 0.0697. The number of nitrogens with one attached hydrogen (secondary N) is 2. The third kappa shape index (κ3) is 5.15. The van der Waals surface area contributed by atoms with Crippen LogP contribution in [-0.2, 0) is 6.42 Å². The molecule has 0 aliphatic rings. The highest BCUT2D eigenvalue weighted by atomic mass is 16.5. The second-order valence-electron chi connectivity index (χ2n) is 6.03. The molecule has 0 atom stereocenters. The minimum Gasteiger partial charge on any atom is -0.493 e. The number of hydrogen-bond donors (Lipinski definition) is 3. The zero-order valence-corrected chi connectivity index (χ0v) is 15.2. The summed E-state index contributed by atoms with van der Waals surface area (Å²) < 4.78 is 5.82. The van der Waals surface area contributed by atoms with Gasteiger partial charge >= 0.3 is 12.0 Å². The van der Waals surface area contributed by atoms with Gasteiger partial charge in [-0.25, -0.2) is 9.59 Å². The van der Waals surface area contributed by atoms with Crippen LogP contribution in [0, 0.1) is 6.92 Å². The maximum Gasteiger partial charge on any atom is 0.338 e. The molecule has 2 amide bonds. The molecule has 0 fully saturated rings. The van der Waals surface area contributed by atoms with Crippen LogP contribution in [0.1, 0.15) is 62.0 Å². The molecule has 0 bridgehead atoms. The predicted molar refractivity (Wildman–Crippen MR) is 95.2 cm³/mol. The fraction of sp³-hybridized carbons (Fsp3) is 0.556.